The summed E-state index contributed by atoms with van der Waals surface area (Å²) in [5.41, 5.74) is 4.47. The lowest BCUT2D eigenvalue weighted by Gasteiger charge is -2.08. The topological polar surface area (TPSA) is 86.1 Å². The van der Waals surface area contributed by atoms with E-state index in [1.54, 1.807) is 12.4 Å². The third-order valence-electron chi connectivity index (χ3n) is 4.78. The van der Waals surface area contributed by atoms with Crippen molar-refractivity contribution in [1.82, 2.24) is 34.2 Å². The largest absolute Gasteiger partial charge is 0.396 e. The Morgan fingerprint density at radius 3 is 2.74 bits per heavy atom. The first kappa shape index (κ1) is 17.4. The predicted octanol–water partition coefficient (Wildman–Crippen LogP) is 2.81. The molecule has 0 saturated carbocycles. The number of rotatable bonds is 7. The number of hydrogen-bond acceptors (Lipinski definition) is 5. The number of aryl methyl sites for hydroxylation is 1. The fourth-order valence-electron chi connectivity index (χ4n) is 3.02. The summed E-state index contributed by atoms with van der Waals surface area (Å²) in [6, 6.07) is 2.30. The lowest BCUT2D eigenvalue weighted by atomic mass is 10.2. The van der Waals surface area contributed by atoms with Crippen molar-refractivity contribution in [2.75, 3.05) is 6.61 Å². The molecule has 0 bridgehead atoms. The maximum absolute atomic E-state index is 8.99. The van der Waals surface area contributed by atoms with Crippen molar-refractivity contribution in [3.05, 3.63) is 43.2 Å². The summed E-state index contributed by atoms with van der Waals surface area (Å²) in [4.78, 5) is 4.89. The summed E-state index contributed by atoms with van der Waals surface area (Å²) in [5.74, 6) is 0. The SMILES string of the molecule is CC[C@H](C)n1cc(-c2nc(-c3cnn(CCCO)c3)cn3nccc23)cn1. The quantitative estimate of drug-likeness (QED) is 0.544. The van der Waals surface area contributed by atoms with Gasteiger partial charge in [-0.05, 0) is 25.8 Å². The van der Waals surface area contributed by atoms with Gasteiger partial charge in [-0.15, -0.1) is 0 Å². The van der Waals surface area contributed by atoms with Crippen molar-refractivity contribution in [2.45, 2.75) is 39.3 Å². The maximum Gasteiger partial charge on any atom is 0.0999 e. The molecule has 1 atom stereocenters. The second kappa shape index (κ2) is 7.32. The molecule has 140 valence electrons. The first-order valence-electron chi connectivity index (χ1n) is 9.22. The Morgan fingerprint density at radius 1 is 1.07 bits per heavy atom. The minimum Gasteiger partial charge on any atom is -0.396 e. The zero-order chi connectivity index (χ0) is 18.8. The number of aromatic nitrogens is 7. The smallest absolute Gasteiger partial charge is 0.0999 e. The van der Waals surface area contributed by atoms with Gasteiger partial charge < -0.3 is 5.11 Å². The molecule has 0 amide bonds. The Hall–Kier alpha value is -3.00. The maximum atomic E-state index is 8.99. The Morgan fingerprint density at radius 2 is 1.93 bits per heavy atom. The summed E-state index contributed by atoms with van der Waals surface area (Å²) < 4.78 is 5.63. The fraction of sp³-hybridized carbons (Fsp3) is 0.368. The van der Waals surface area contributed by atoms with Crippen LogP contribution in [0.2, 0.25) is 0 Å². The highest BCUT2D eigenvalue weighted by Gasteiger charge is 2.14. The highest BCUT2D eigenvalue weighted by molar-refractivity contribution is 5.78. The van der Waals surface area contributed by atoms with Crippen LogP contribution >= 0.6 is 0 Å². The number of fused-ring (bicyclic) bond motifs is 1. The summed E-state index contributed by atoms with van der Waals surface area (Å²) in [6.45, 7) is 5.12. The molecule has 4 heterocycles. The number of hydrogen-bond donors (Lipinski definition) is 1. The highest BCUT2D eigenvalue weighted by atomic mass is 16.3. The van der Waals surface area contributed by atoms with Crippen molar-refractivity contribution in [3.8, 4) is 22.5 Å². The molecule has 0 aliphatic carbocycles. The minimum absolute atomic E-state index is 0.150. The zero-order valence-corrected chi connectivity index (χ0v) is 15.5. The van der Waals surface area contributed by atoms with Gasteiger partial charge in [-0.3, -0.25) is 9.36 Å². The molecule has 0 fully saturated rings. The second-order valence-electron chi connectivity index (χ2n) is 6.67. The Labute approximate surface area is 157 Å². The summed E-state index contributed by atoms with van der Waals surface area (Å²) in [7, 11) is 0. The molecule has 8 heteroatoms. The molecular formula is C19H23N7O. The van der Waals surface area contributed by atoms with Crippen molar-refractivity contribution >= 4 is 5.52 Å². The third-order valence-corrected chi connectivity index (χ3v) is 4.78. The normalized spacial score (nSPS) is 12.7. The van der Waals surface area contributed by atoms with Crippen LogP contribution in [0.25, 0.3) is 28.0 Å². The average molecular weight is 365 g/mol. The third kappa shape index (κ3) is 3.35. The van der Waals surface area contributed by atoms with Gasteiger partial charge in [0.25, 0.3) is 0 Å². The van der Waals surface area contributed by atoms with E-state index in [9.17, 15) is 0 Å². The van der Waals surface area contributed by atoms with Crippen molar-refractivity contribution < 1.29 is 5.11 Å². The summed E-state index contributed by atoms with van der Waals surface area (Å²) in [6.07, 6.45) is 13.0. The summed E-state index contributed by atoms with van der Waals surface area (Å²) in [5, 5.41) is 22.2. The van der Waals surface area contributed by atoms with Gasteiger partial charge >= 0.3 is 0 Å². The molecule has 4 rings (SSSR count). The lowest BCUT2D eigenvalue weighted by molar-refractivity contribution is 0.277. The van der Waals surface area contributed by atoms with Crippen LogP contribution in [0.4, 0.5) is 0 Å². The first-order chi connectivity index (χ1) is 13.2. The van der Waals surface area contributed by atoms with Crippen LogP contribution in [0.1, 0.15) is 32.7 Å². The van der Waals surface area contributed by atoms with Crippen LogP contribution in [0.15, 0.2) is 43.2 Å². The molecule has 0 radical (unpaired) electrons. The second-order valence-corrected chi connectivity index (χ2v) is 6.67. The van der Waals surface area contributed by atoms with Gasteiger partial charge in [0.05, 0.1) is 41.7 Å². The standard InChI is InChI=1S/C19H23N7O/c1-3-14(2)25-12-16(10-22-25)19-18-5-6-20-26(18)13-17(23-19)15-9-21-24(11-15)7-4-8-27/h5-6,9-14,27H,3-4,7-8H2,1-2H3/t14-/m0/s1. The van der Waals surface area contributed by atoms with E-state index in [0.717, 1.165) is 34.5 Å². The zero-order valence-electron chi connectivity index (χ0n) is 15.5. The van der Waals surface area contributed by atoms with Gasteiger partial charge in [-0.25, -0.2) is 9.50 Å². The molecule has 0 spiro atoms. The number of aliphatic hydroxyl groups is 1. The van der Waals surface area contributed by atoms with Crippen molar-refractivity contribution in [3.63, 3.8) is 0 Å². The van der Waals surface area contributed by atoms with Crippen molar-refractivity contribution in [1.29, 1.82) is 0 Å². The number of nitrogens with zero attached hydrogens (tertiary/aromatic N) is 7. The molecule has 0 aliphatic heterocycles. The van der Waals surface area contributed by atoms with Gasteiger partial charge in [0.1, 0.15) is 0 Å². The average Bonchev–Trinajstić information content (AvgIpc) is 3.44. The summed E-state index contributed by atoms with van der Waals surface area (Å²) >= 11 is 0. The van der Waals surface area contributed by atoms with E-state index >= 15 is 0 Å². The molecule has 0 aromatic carbocycles. The Balaban J connectivity index is 1.76. The lowest BCUT2D eigenvalue weighted by Crippen LogP contribution is -2.03. The molecule has 0 aliphatic rings. The van der Waals surface area contributed by atoms with Gasteiger partial charge in [-0.1, -0.05) is 6.92 Å². The minimum atomic E-state index is 0.150. The van der Waals surface area contributed by atoms with Crippen LogP contribution in [0.5, 0.6) is 0 Å². The van der Waals surface area contributed by atoms with Gasteiger partial charge in [0.15, 0.2) is 0 Å². The number of aliphatic hydroxyl groups excluding tert-OH is 1. The van der Waals surface area contributed by atoms with E-state index in [-0.39, 0.29) is 6.61 Å². The molecule has 8 nitrogen and oxygen atoms in total. The van der Waals surface area contributed by atoms with E-state index in [4.69, 9.17) is 10.1 Å². The molecule has 0 unspecified atom stereocenters. The van der Waals surface area contributed by atoms with Gasteiger partial charge in [0, 0.05) is 42.7 Å². The van der Waals surface area contributed by atoms with Crippen LogP contribution in [0, 0.1) is 0 Å². The molecular weight excluding hydrogens is 342 g/mol. The Bertz CT molecular complexity index is 1050. The van der Waals surface area contributed by atoms with Gasteiger partial charge in [-0.2, -0.15) is 15.3 Å². The fourth-order valence-corrected chi connectivity index (χ4v) is 3.02. The molecule has 0 saturated heterocycles. The van der Waals surface area contributed by atoms with Crippen molar-refractivity contribution in [2.24, 2.45) is 0 Å². The van der Waals surface area contributed by atoms with Crippen LogP contribution in [-0.4, -0.2) is 45.9 Å². The van der Waals surface area contributed by atoms with E-state index in [1.165, 1.54) is 0 Å². The highest BCUT2D eigenvalue weighted by Crippen LogP contribution is 2.27. The van der Waals surface area contributed by atoms with E-state index in [0.29, 0.717) is 19.0 Å². The van der Waals surface area contributed by atoms with Crippen LogP contribution in [0.3, 0.4) is 0 Å². The monoisotopic (exact) mass is 365 g/mol. The molecule has 27 heavy (non-hydrogen) atoms. The van der Waals surface area contributed by atoms with Crippen LogP contribution in [-0.2, 0) is 6.54 Å². The van der Waals surface area contributed by atoms with Gasteiger partial charge in [0.2, 0.25) is 0 Å². The molecule has 4 aromatic heterocycles. The van der Waals surface area contributed by atoms with Crippen LogP contribution < -0.4 is 0 Å². The van der Waals surface area contributed by atoms with E-state index in [1.807, 2.05) is 44.7 Å². The predicted molar refractivity (Wildman–Crippen MR) is 102 cm³/mol. The molecule has 1 N–H and O–H groups in total. The first-order valence-corrected chi connectivity index (χ1v) is 9.22. The Kier molecular flexibility index (Phi) is 4.72. The van der Waals surface area contributed by atoms with E-state index < -0.39 is 0 Å². The molecule has 4 aromatic rings. The van der Waals surface area contributed by atoms with E-state index in [2.05, 4.69) is 29.1 Å².